The molecule has 0 fully saturated rings. The zero-order valence-corrected chi connectivity index (χ0v) is 14.7. The molecular formula is C15H27Cl2N3O2. The standard InChI is InChI=1S/C15H25N3O2.2ClH/c1-11(2)9-13(16)14(19)10-15(20)18-8-6-12-5-3-4-7-17-12;;/h3-5,7,11,13-14,19H,6,8-10,16H2,1-2H3,(H,18,20);2*1H/t13-,14-;;/m0../s1. The summed E-state index contributed by atoms with van der Waals surface area (Å²) in [4.78, 5) is 15.9. The Morgan fingerprint density at radius 1 is 1.36 bits per heavy atom. The fourth-order valence-electron chi connectivity index (χ4n) is 1.99. The monoisotopic (exact) mass is 351 g/mol. The van der Waals surface area contributed by atoms with E-state index in [1.807, 2.05) is 32.0 Å². The highest BCUT2D eigenvalue weighted by Gasteiger charge is 2.19. The number of aliphatic hydroxyl groups is 1. The van der Waals surface area contributed by atoms with Crippen molar-refractivity contribution in [1.29, 1.82) is 0 Å². The Bertz CT molecular complexity index is 405. The molecule has 2 atom stereocenters. The Labute approximate surface area is 144 Å². The molecule has 1 heterocycles. The van der Waals surface area contributed by atoms with Crippen molar-refractivity contribution in [2.45, 2.75) is 45.3 Å². The minimum Gasteiger partial charge on any atom is -0.391 e. The van der Waals surface area contributed by atoms with Crippen molar-refractivity contribution >= 4 is 30.7 Å². The van der Waals surface area contributed by atoms with Gasteiger partial charge in [-0.05, 0) is 24.5 Å². The van der Waals surface area contributed by atoms with E-state index in [0.717, 1.165) is 5.69 Å². The highest BCUT2D eigenvalue weighted by molar-refractivity contribution is 5.85. The van der Waals surface area contributed by atoms with Crippen LogP contribution in [-0.2, 0) is 11.2 Å². The second-order valence-electron chi connectivity index (χ2n) is 5.49. The van der Waals surface area contributed by atoms with Crippen molar-refractivity contribution in [2.24, 2.45) is 11.7 Å². The molecule has 128 valence electrons. The van der Waals surface area contributed by atoms with Gasteiger partial charge in [-0.15, -0.1) is 24.8 Å². The van der Waals surface area contributed by atoms with E-state index in [1.165, 1.54) is 0 Å². The first-order valence-corrected chi connectivity index (χ1v) is 7.09. The number of rotatable bonds is 8. The van der Waals surface area contributed by atoms with Crippen LogP contribution in [0.1, 0.15) is 32.4 Å². The minimum atomic E-state index is -0.785. The van der Waals surface area contributed by atoms with Gasteiger partial charge in [0, 0.05) is 30.9 Å². The third-order valence-corrected chi connectivity index (χ3v) is 3.06. The van der Waals surface area contributed by atoms with Crippen LogP contribution in [0.15, 0.2) is 24.4 Å². The molecule has 0 unspecified atom stereocenters. The lowest BCUT2D eigenvalue weighted by Gasteiger charge is -2.20. The van der Waals surface area contributed by atoms with Gasteiger partial charge in [-0.1, -0.05) is 19.9 Å². The smallest absolute Gasteiger partial charge is 0.222 e. The molecule has 1 aromatic rings. The normalized spacial score (nSPS) is 12.8. The van der Waals surface area contributed by atoms with Crippen molar-refractivity contribution in [2.75, 3.05) is 6.54 Å². The topological polar surface area (TPSA) is 88.2 Å². The van der Waals surface area contributed by atoms with Gasteiger partial charge in [0.1, 0.15) is 0 Å². The third kappa shape index (κ3) is 9.95. The minimum absolute atomic E-state index is 0. The van der Waals surface area contributed by atoms with Gasteiger partial charge >= 0.3 is 0 Å². The van der Waals surface area contributed by atoms with E-state index >= 15 is 0 Å². The maximum Gasteiger partial charge on any atom is 0.222 e. The number of carbonyl (C=O) groups is 1. The SMILES string of the molecule is CC(C)C[C@H](N)[C@@H](O)CC(=O)NCCc1ccccn1.Cl.Cl. The van der Waals surface area contributed by atoms with Gasteiger partial charge in [0.2, 0.25) is 5.91 Å². The average molecular weight is 352 g/mol. The van der Waals surface area contributed by atoms with Gasteiger partial charge in [-0.3, -0.25) is 9.78 Å². The summed E-state index contributed by atoms with van der Waals surface area (Å²) in [6.07, 6.45) is 2.39. The quantitative estimate of drug-likeness (QED) is 0.665. The van der Waals surface area contributed by atoms with E-state index < -0.39 is 6.10 Å². The Morgan fingerprint density at radius 3 is 2.59 bits per heavy atom. The Morgan fingerprint density at radius 2 is 2.05 bits per heavy atom. The molecule has 0 aromatic carbocycles. The van der Waals surface area contributed by atoms with Crippen molar-refractivity contribution in [1.82, 2.24) is 10.3 Å². The van der Waals surface area contributed by atoms with E-state index in [2.05, 4.69) is 10.3 Å². The molecule has 0 spiro atoms. The number of nitrogens with one attached hydrogen (secondary N) is 1. The lowest BCUT2D eigenvalue weighted by Crippen LogP contribution is -2.40. The number of hydrogen-bond donors (Lipinski definition) is 3. The van der Waals surface area contributed by atoms with Crippen molar-refractivity contribution in [3.8, 4) is 0 Å². The number of carbonyl (C=O) groups excluding carboxylic acids is 1. The number of pyridine rings is 1. The average Bonchev–Trinajstić information content (AvgIpc) is 2.39. The van der Waals surface area contributed by atoms with Gasteiger partial charge in [0.25, 0.3) is 0 Å². The van der Waals surface area contributed by atoms with E-state index in [1.54, 1.807) is 6.20 Å². The second kappa shape index (κ2) is 12.6. The van der Waals surface area contributed by atoms with Crippen molar-refractivity contribution < 1.29 is 9.90 Å². The molecule has 0 saturated carbocycles. The van der Waals surface area contributed by atoms with Gasteiger partial charge < -0.3 is 16.2 Å². The summed E-state index contributed by atoms with van der Waals surface area (Å²) in [5.74, 6) is 0.236. The lowest BCUT2D eigenvalue weighted by molar-refractivity contribution is -0.123. The maximum atomic E-state index is 11.7. The number of aromatic nitrogens is 1. The zero-order valence-electron chi connectivity index (χ0n) is 13.1. The van der Waals surface area contributed by atoms with E-state index in [4.69, 9.17) is 5.73 Å². The van der Waals surface area contributed by atoms with Crippen molar-refractivity contribution in [3.05, 3.63) is 30.1 Å². The van der Waals surface area contributed by atoms with E-state index in [9.17, 15) is 9.90 Å². The molecule has 0 bridgehead atoms. The number of nitrogens with two attached hydrogens (primary N) is 1. The van der Waals surface area contributed by atoms with Crippen molar-refractivity contribution in [3.63, 3.8) is 0 Å². The van der Waals surface area contributed by atoms with Crippen LogP contribution in [0.3, 0.4) is 0 Å². The number of nitrogens with zero attached hydrogens (tertiary/aromatic N) is 1. The Balaban J connectivity index is 0. The molecule has 0 aliphatic rings. The largest absolute Gasteiger partial charge is 0.391 e. The summed E-state index contributed by atoms with van der Waals surface area (Å²) < 4.78 is 0. The summed E-state index contributed by atoms with van der Waals surface area (Å²) >= 11 is 0. The molecule has 22 heavy (non-hydrogen) atoms. The highest BCUT2D eigenvalue weighted by Crippen LogP contribution is 2.08. The summed E-state index contributed by atoms with van der Waals surface area (Å²) in [5.41, 5.74) is 6.78. The number of hydrogen-bond acceptors (Lipinski definition) is 4. The third-order valence-electron chi connectivity index (χ3n) is 3.06. The molecule has 0 radical (unpaired) electrons. The molecule has 0 aliphatic carbocycles. The van der Waals surface area contributed by atoms with Crippen LogP contribution >= 0.6 is 24.8 Å². The Kier molecular flexibility index (Phi) is 13.4. The van der Waals surface area contributed by atoms with Crippen LogP contribution in [0.2, 0.25) is 0 Å². The van der Waals surface area contributed by atoms with Crippen LogP contribution in [0.5, 0.6) is 0 Å². The van der Waals surface area contributed by atoms with Crippen LogP contribution in [0, 0.1) is 5.92 Å². The first-order valence-electron chi connectivity index (χ1n) is 7.09. The molecule has 0 aliphatic heterocycles. The Hall–Kier alpha value is -0.880. The number of halogens is 2. The number of aliphatic hydroxyl groups excluding tert-OH is 1. The fraction of sp³-hybridized carbons (Fsp3) is 0.600. The van der Waals surface area contributed by atoms with Gasteiger partial charge in [0.15, 0.2) is 0 Å². The zero-order chi connectivity index (χ0) is 15.0. The second-order valence-corrected chi connectivity index (χ2v) is 5.49. The van der Waals surface area contributed by atoms with Crippen LogP contribution < -0.4 is 11.1 Å². The number of amides is 1. The van der Waals surface area contributed by atoms with Crippen LogP contribution in [0.4, 0.5) is 0 Å². The predicted molar refractivity (Wildman–Crippen MR) is 93.5 cm³/mol. The fourth-order valence-corrected chi connectivity index (χ4v) is 1.99. The van der Waals surface area contributed by atoms with Gasteiger partial charge in [0.05, 0.1) is 12.5 Å². The van der Waals surface area contributed by atoms with Gasteiger partial charge in [-0.2, -0.15) is 0 Å². The highest BCUT2D eigenvalue weighted by atomic mass is 35.5. The van der Waals surface area contributed by atoms with Crippen LogP contribution in [0.25, 0.3) is 0 Å². The summed E-state index contributed by atoms with van der Waals surface area (Å²) in [6.45, 7) is 4.60. The molecule has 4 N–H and O–H groups in total. The molecule has 1 amide bonds. The molecule has 1 rings (SSSR count). The molecule has 5 nitrogen and oxygen atoms in total. The molecule has 7 heteroatoms. The van der Waals surface area contributed by atoms with E-state index in [-0.39, 0.29) is 43.2 Å². The van der Waals surface area contributed by atoms with E-state index in [0.29, 0.717) is 25.3 Å². The molecule has 1 aromatic heterocycles. The maximum absolute atomic E-state index is 11.7. The first kappa shape index (κ1) is 23.4. The van der Waals surface area contributed by atoms with Crippen LogP contribution in [-0.4, -0.2) is 34.7 Å². The summed E-state index contributed by atoms with van der Waals surface area (Å²) in [5, 5.41) is 12.6. The lowest BCUT2D eigenvalue weighted by atomic mass is 9.98. The predicted octanol–water partition coefficient (Wildman–Crippen LogP) is 1.71. The molecular weight excluding hydrogens is 325 g/mol. The summed E-state index contributed by atoms with van der Waals surface area (Å²) in [7, 11) is 0. The molecule has 0 saturated heterocycles. The summed E-state index contributed by atoms with van der Waals surface area (Å²) in [6, 6.07) is 5.34. The first-order chi connectivity index (χ1) is 9.49. The van der Waals surface area contributed by atoms with Gasteiger partial charge in [-0.25, -0.2) is 0 Å².